The van der Waals surface area contributed by atoms with Crippen LogP contribution in [0.15, 0.2) is 48.5 Å². The molecule has 1 amide bonds. The Morgan fingerprint density at radius 1 is 1.19 bits per heavy atom. The number of amides is 1. The number of ether oxygens (including phenoxy) is 1. The molecule has 3 heterocycles. The van der Waals surface area contributed by atoms with Crippen molar-refractivity contribution in [2.45, 2.75) is 6.42 Å². The standard InChI is InChI=1S/C21H15ClN2O2S/c1-26-16-7-6-13-10-14-11-17(27-20(14)23-19(13)18(16)22)21(25)24-9-8-12-4-2-3-5-15(12)24/h2-7,10-11H,8-9H2,1H3. The Morgan fingerprint density at radius 2 is 2.04 bits per heavy atom. The molecule has 0 fully saturated rings. The average molecular weight is 395 g/mol. The Hall–Kier alpha value is -2.63. The number of anilines is 1. The highest BCUT2D eigenvalue weighted by Crippen LogP contribution is 2.36. The van der Waals surface area contributed by atoms with E-state index in [-0.39, 0.29) is 5.91 Å². The average Bonchev–Trinajstić information content (AvgIpc) is 3.30. The van der Waals surface area contributed by atoms with E-state index in [4.69, 9.17) is 21.3 Å². The minimum Gasteiger partial charge on any atom is -0.495 e. The van der Waals surface area contributed by atoms with Gasteiger partial charge in [0.15, 0.2) is 0 Å². The summed E-state index contributed by atoms with van der Waals surface area (Å²) in [6.07, 6.45) is 0.893. The van der Waals surface area contributed by atoms with E-state index in [1.807, 2.05) is 47.4 Å². The van der Waals surface area contributed by atoms with E-state index in [0.29, 0.717) is 27.7 Å². The van der Waals surface area contributed by atoms with Crippen molar-refractivity contribution in [1.29, 1.82) is 0 Å². The van der Waals surface area contributed by atoms with E-state index >= 15 is 0 Å². The number of rotatable bonds is 2. The quantitative estimate of drug-likeness (QED) is 0.462. The molecule has 5 rings (SSSR count). The first-order valence-electron chi connectivity index (χ1n) is 8.62. The molecule has 2 aromatic carbocycles. The number of hydrogen-bond donors (Lipinski definition) is 0. The minimum absolute atomic E-state index is 0.0238. The second kappa shape index (κ2) is 6.22. The third-order valence-corrected chi connectivity index (χ3v) is 6.34. The van der Waals surface area contributed by atoms with Gasteiger partial charge in [0.25, 0.3) is 5.91 Å². The van der Waals surface area contributed by atoms with Gasteiger partial charge in [0.2, 0.25) is 0 Å². The van der Waals surface area contributed by atoms with Crippen LogP contribution in [0.2, 0.25) is 5.02 Å². The fraction of sp³-hybridized carbons (Fsp3) is 0.143. The lowest BCUT2D eigenvalue weighted by Crippen LogP contribution is -2.28. The molecule has 134 valence electrons. The monoisotopic (exact) mass is 394 g/mol. The number of fused-ring (bicyclic) bond motifs is 3. The van der Waals surface area contributed by atoms with Crippen LogP contribution in [0, 0.1) is 0 Å². The van der Waals surface area contributed by atoms with Crippen molar-refractivity contribution in [1.82, 2.24) is 4.98 Å². The molecule has 0 radical (unpaired) electrons. The number of carbonyl (C=O) groups is 1. The Bertz CT molecular complexity index is 1220. The third kappa shape index (κ3) is 2.58. The van der Waals surface area contributed by atoms with Gasteiger partial charge < -0.3 is 9.64 Å². The molecule has 4 aromatic rings. The molecule has 0 saturated heterocycles. The number of hydrogen-bond acceptors (Lipinski definition) is 4. The molecular weight excluding hydrogens is 380 g/mol. The number of para-hydroxylation sites is 1. The second-order valence-corrected chi connectivity index (χ2v) is 7.89. The van der Waals surface area contributed by atoms with Gasteiger partial charge in [0.1, 0.15) is 15.6 Å². The van der Waals surface area contributed by atoms with Gasteiger partial charge in [-0.1, -0.05) is 29.8 Å². The first-order chi connectivity index (χ1) is 13.2. The number of thiophene rings is 1. The molecular formula is C21H15ClN2O2S. The van der Waals surface area contributed by atoms with Crippen molar-refractivity contribution in [3.05, 3.63) is 64.0 Å². The van der Waals surface area contributed by atoms with Crippen LogP contribution in [-0.4, -0.2) is 24.5 Å². The second-order valence-electron chi connectivity index (χ2n) is 6.48. The molecule has 0 saturated carbocycles. The first kappa shape index (κ1) is 16.5. The van der Waals surface area contributed by atoms with Gasteiger partial charge in [-0.2, -0.15) is 0 Å². The summed E-state index contributed by atoms with van der Waals surface area (Å²) in [5.74, 6) is 0.619. The van der Waals surface area contributed by atoms with Crippen LogP contribution < -0.4 is 9.64 Å². The van der Waals surface area contributed by atoms with Crippen LogP contribution in [-0.2, 0) is 6.42 Å². The zero-order chi connectivity index (χ0) is 18.5. The van der Waals surface area contributed by atoms with Gasteiger partial charge in [-0.25, -0.2) is 4.98 Å². The SMILES string of the molecule is COc1ccc2cc3cc(C(=O)N4CCc5ccccc54)sc3nc2c1Cl. The molecule has 2 aromatic heterocycles. The van der Waals surface area contributed by atoms with E-state index in [0.717, 1.165) is 27.7 Å². The van der Waals surface area contributed by atoms with E-state index in [2.05, 4.69) is 6.07 Å². The van der Waals surface area contributed by atoms with Crippen molar-refractivity contribution >= 4 is 55.7 Å². The van der Waals surface area contributed by atoms with Gasteiger partial charge in [-0.05, 0) is 42.3 Å². The predicted octanol–water partition coefficient (Wildman–Crippen LogP) is 5.31. The molecule has 4 nitrogen and oxygen atoms in total. The summed E-state index contributed by atoms with van der Waals surface area (Å²) < 4.78 is 5.28. The zero-order valence-electron chi connectivity index (χ0n) is 14.5. The summed E-state index contributed by atoms with van der Waals surface area (Å²) >= 11 is 7.82. The van der Waals surface area contributed by atoms with Crippen LogP contribution in [0.3, 0.4) is 0 Å². The molecule has 0 N–H and O–H groups in total. The fourth-order valence-corrected chi connectivity index (χ4v) is 4.85. The summed E-state index contributed by atoms with van der Waals surface area (Å²) in [5, 5.41) is 2.37. The van der Waals surface area contributed by atoms with Gasteiger partial charge in [0, 0.05) is 23.0 Å². The molecule has 6 heteroatoms. The minimum atomic E-state index is 0.0238. The molecule has 1 aliphatic heterocycles. The normalized spacial score (nSPS) is 13.3. The Morgan fingerprint density at radius 3 is 2.89 bits per heavy atom. The summed E-state index contributed by atoms with van der Waals surface area (Å²) in [7, 11) is 1.58. The van der Waals surface area contributed by atoms with Gasteiger partial charge in [-0.15, -0.1) is 11.3 Å². The summed E-state index contributed by atoms with van der Waals surface area (Å²) in [4.78, 5) is 21.1. The molecule has 0 atom stereocenters. The molecule has 1 aliphatic rings. The van der Waals surface area contributed by atoms with Crippen LogP contribution in [0.4, 0.5) is 5.69 Å². The van der Waals surface area contributed by atoms with Crippen molar-refractivity contribution in [3.63, 3.8) is 0 Å². The van der Waals surface area contributed by atoms with Crippen molar-refractivity contribution in [2.75, 3.05) is 18.6 Å². The third-order valence-electron chi connectivity index (χ3n) is 4.94. The lowest BCUT2D eigenvalue weighted by atomic mass is 10.1. The number of benzene rings is 2. The predicted molar refractivity (Wildman–Crippen MR) is 111 cm³/mol. The number of carbonyl (C=O) groups excluding carboxylic acids is 1. The van der Waals surface area contributed by atoms with E-state index in [1.165, 1.54) is 16.9 Å². The number of aromatic nitrogens is 1. The Kier molecular flexibility index (Phi) is 3.81. The highest BCUT2D eigenvalue weighted by molar-refractivity contribution is 7.20. The Labute approximate surface area is 165 Å². The van der Waals surface area contributed by atoms with Gasteiger partial charge in [-0.3, -0.25) is 4.79 Å². The van der Waals surface area contributed by atoms with Crippen molar-refractivity contribution < 1.29 is 9.53 Å². The zero-order valence-corrected chi connectivity index (χ0v) is 16.1. The van der Waals surface area contributed by atoms with E-state index in [9.17, 15) is 4.79 Å². The summed E-state index contributed by atoms with van der Waals surface area (Å²) in [6, 6.07) is 15.8. The highest BCUT2D eigenvalue weighted by Gasteiger charge is 2.26. The van der Waals surface area contributed by atoms with E-state index < -0.39 is 0 Å². The van der Waals surface area contributed by atoms with Crippen molar-refractivity contribution in [2.24, 2.45) is 0 Å². The molecule has 0 spiro atoms. The lowest BCUT2D eigenvalue weighted by Gasteiger charge is -2.15. The molecule has 0 aliphatic carbocycles. The fourth-order valence-electron chi connectivity index (χ4n) is 3.59. The molecule has 0 unspecified atom stereocenters. The van der Waals surface area contributed by atoms with Crippen LogP contribution in [0.1, 0.15) is 15.2 Å². The first-order valence-corrected chi connectivity index (χ1v) is 9.82. The smallest absolute Gasteiger partial charge is 0.268 e. The molecule has 0 bridgehead atoms. The summed E-state index contributed by atoms with van der Waals surface area (Å²) in [6.45, 7) is 0.713. The largest absolute Gasteiger partial charge is 0.495 e. The summed E-state index contributed by atoms with van der Waals surface area (Å²) in [5.41, 5.74) is 2.91. The maximum Gasteiger partial charge on any atom is 0.268 e. The van der Waals surface area contributed by atoms with Crippen molar-refractivity contribution in [3.8, 4) is 5.75 Å². The topological polar surface area (TPSA) is 42.4 Å². The van der Waals surface area contributed by atoms with Crippen LogP contribution >= 0.6 is 22.9 Å². The number of nitrogens with zero attached hydrogens (tertiary/aromatic N) is 2. The van der Waals surface area contributed by atoms with E-state index in [1.54, 1.807) is 7.11 Å². The lowest BCUT2D eigenvalue weighted by molar-refractivity contribution is 0.0993. The maximum absolute atomic E-state index is 13.1. The van der Waals surface area contributed by atoms with Crippen LogP contribution in [0.25, 0.3) is 21.1 Å². The highest BCUT2D eigenvalue weighted by atomic mass is 35.5. The van der Waals surface area contributed by atoms with Gasteiger partial charge >= 0.3 is 0 Å². The Balaban J connectivity index is 1.59. The number of methoxy groups -OCH3 is 1. The maximum atomic E-state index is 13.1. The van der Waals surface area contributed by atoms with Gasteiger partial charge in [0.05, 0.1) is 17.5 Å². The van der Waals surface area contributed by atoms with Crippen LogP contribution in [0.5, 0.6) is 5.75 Å². The number of halogens is 1. The molecule has 27 heavy (non-hydrogen) atoms. The number of pyridine rings is 1.